The van der Waals surface area contributed by atoms with Crippen molar-refractivity contribution >= 4 is 23.2 Å². The van der Waals surface area contributed by atoms with Crippen molar-refractivity contribution in [3.05, 3.63) is 21.7 Å². The molecule has 0 radical (unpaired) electrons. The van der Waals surface area contributed by atoms with E-state index in [0.29, 0.717) is 22.7 Å². The van der Waals surface area contributed by atoms with E-state index in [9.17, 15) is 0 Å². The highest BCUT2D eigenvalue weighted by atomic mass is 35.5. The summed E-state index contributed by atoms with van der Waals surface area (Å²) in [6.45, 7) is 4.59. The Morgan fingerprint density at radius 3 is 2.27 bits per heavy atom. The molecule has 5 heteroatoms. The van der Waals surface area contributed by atoms with Crippen molar-refractivity contribution in [3.8, 4) is 0 Å². The first-order chi connectivity index (χ1) is 7.00. The molecule has 0 aromatic carbocycles. The van der Waals surface area contributed by atoms with Crippen LogP contribution in [0.4, 0.5) is 0 Å². The van der Waals surface area contributed by atoms with Crippen molar-refractivity contribution in [2.45, 2.75) is 38.8 Å². The molecule has 1 aliphatic rings. The van der Waals surface area contributed by atoms with Crippen molar-refractivity contribution in [1.82, 2.24) is 15.3 Å². The molecule has 1 heterocycles. The Balaban J connectivity index is 2.13. The second-order valence-electron chi connectivity index (χ2n) is 4.25. The maximum Gasteiger partial charge on any atom is 0.138 e. The maximum absolute atomic E-state index is 6.01. The predicted molar refractivity (Wildman–Crippen MR) is 61.3 cm³/mol. The first-order valence-corrected chi connectivity index (χ1v) is 5.69. The van der Waals surface area contributed by atoms with Crippen LogP contribution in [0.15, 0.2) is 0 Å². The van der Waals surface area contributed by atoms with E-state index in [1.54, 1.807) is 6.92 Å². The van der Waals surface area contributed by atoms with Crippen LogP contribution in [0.5, 0.6) is 0 Å². The second-order valence-corrected chi connectivity index (χ2v) is 4.96. The van der Waals surface area contributed by atoms with E-state index < -0.39 is 0 Å². The topological polar surface area (TPSA) is 37.8 Å². The van der Waals surface area contributed by atoms with E-state index in [-0.39, 0.29) is 5.54 Å². The fraction of sp³-hybridized carbons (Fsp3) is 0.600. The van der Waals surface area contributed by atoms with Gasteiger partial charge in [-0.15, -0.1) is 0 Å². The van der Waals surface area contributed by atoms with Crippen molar-refractivity contribution in [2.24, 2.45) is 0 Å². The third kappa shape index (κ3) is 2.60. The summed E-state index contributed by atoms with van der Waals surface area (Å²) in [5.74, 6) is 0.603. The second kappa shape index (κ2) is 3.89. The molecule has 1 aromatic rings. The molecule has 0 bridgehead atoms. The fourth-order valence-electron chi connectivity index (χ4n) is 1.34. The van der Waals surface area contributed by atoms with Crippen LogP contribution in [-0.4, -0.2) is 15.5 Å². The van der Waals surface area contributed by atoms with Gasteiger partial charge in [0.15, 0.2) is 0 Å². The molecule has 0 amide bonds. The molecular weight excluding hydrogens is 233 g/mol. The molecule has 1 N–H and O–H groups in total. The van der Waals surface area contributed by atoms with Gasteiger partial charge in [0.1, 0.15) is 16.1 Å². The molecule has 0 saturated heterocycles. The molecule has 1 fully saturated rings. The normalized spacial score (nSPS) is 17.9. The summed E-state index contributed by atoms with van der Waals surface area (Å²) in [5.41, 5.74) is 1.05. The number of hydrogen-bond donors (Lipinski definition) is 1. The third-order valence-electron chi connectivity index (χ3n) is 2.71. The average Bonchev–Trinajstić information content (AvgIpc) is 2.82. The van der Waals surface area contributed by atoms with Gasteiger partial charge < -0.3 is 5.32 Å². The molecule has 2 rings (SSSR count). The fourth-order valence-corrected chi connectivity index (χ4v) is 1.95. The number of nitrogens with one attached hydrogen (secondary N) is 1. The Kier molecular flexibility index (Phi) is 2.88. The highest BCUT2D eigenvalue weighted by Gasteiger charge is 2.36. The lowest BCUT2D eigenvalue weighted by Gasteiger charge is -2.12. The Hall–Kier alpha value is -0.380. The number of rotatable bonds is 3. The summed E-state index contributed by atoms with van der Waals surface area (Å²) in [5, 5.41) is 4.30. The van der Waals surface area contributed by atoms with Gasteiger partial charge >= 0.3 is 0 Å². The maximum atomic E-state index is 6.01. The molecule has 1 saturated carbocycles. The molecule has 0 atom stereocenters. The van der Waals surface area contributed by atoms with Crippen molar-refractivity contribution in [3.63, 3.8) is 0 Å². The SMILES string of the molecule is Cc1nc(Cl)c(CNC2(C)CC2)c(Cl)n1. The number of nitrogens with zero attached hydrogens (tertiary/aromatic N) is 2. The summed E-state index contributed by atoms with van der Waals surface area (Å²) in [6.07, 6.45) is 2.41. The van der Waals surface area contributed by atoms with E-state index in [2.05, 4.69) is 22.2 Å². The van der Waals surface area contributed by atoms with Crippen LogP contribution >= 0.6 is 23.2 Å². The summed E-state index contributed by atoms with van der Waals surface area (Å²) in [6, 6.07) is 0. The number of aryl methyl sites for hydroxylation is 1. The first-order valence-electron chi connectivity index (χ1n) is 4.94. The Morgan fingerprint density at radius 1 is 1.27 bits per heavy atom. The zero-order chi connectivity index (χ0) is 11.1. The quantitative estimate of drug-likeness (QED) is 0.833. The van der Waals surface area contributed by atoms with Gasteiger partial charge in [-0.25, -0.2) is 9.97 Å². The van der Waals surface area contributed by atoms with E-state index in [0.717, 1.165) is 5.56 Å². The largest absolute Gasteiger partial charge is 0.307 e. The van der Waals surface area contributed by atoms with Crippen LogP contribution in [0, 0.1) is 6.92 Å². The summed E-state index contributed by atoms with van der Waals surface area (Å²) >= 11 is 12.0. The molecule has 1 aliphatic carbocycles. The Labute approximate surface area is 99.2 Å². The number of aromatic nitrogens is 2. The molecule has 0 spiro atoms. The first kappa shape index (κ1) is 11.1. The Bertz CT molecular complexity index is 365. The van der Waals surface area contributed by atoms with Gasteiger partial charge in [-0.1, -0.05) is 23.2 Å². The van der Waals surface area contributed by atoms with Gasteiger partial charge in [-0.05, 0) is 26.7 Å². The minimum Gasteiger partial charge on any atom is -0.307 e. The third-order valence-corrected chi connectivity index (χ3v) is 3.34. The van der Waals surface area contributed by atoms with Crippen molar-refractivity contribution < 1.29 is 0 Å². The molecule has 1 aromatic heterocycles. The van der Waals surface area contributed by atoms with Gasteiger partial charge in [0.05, 0.1) is 0 Å². The van der Waals surface area contributed by atoms with Crippen LogP contribution in [0.3, 0.4) is 0 Å². The lowest BCUT2D eigenvalue weighted by atomic mass is 10.2. The molecule has 3 nitrogen and oxygen atoms in total. The minimum absolute atomic E-state index is 0.261. The minimum atomic E-state index is 0.261. The van der Waals surface area contributed by atoms with E-state index in [4.69, 9.17) is 23.2 Å². The van der Waals surface area contributed by atoms with E-state index >= 15 is 0 Å². The highest BCUT2D eigenvalue weighted by molar-refractivity contribution is 6.34. The van der Waals surface area contributed by atoms with Gasteiger partial charge in [-0.3, -0.25) is 0 Å². The van der Waals surface area contributed by atoms with Gasteiger partial charge in [0, 0.05) is 17.6 Å². The van der Waals surface area contributed by atoms with Gasteiger partial charge in [0.2, 0.25) is 0 Å². The molecule has 0 unspecified atom stereocenters. The molecule has 82 valence electrons. The lowest BCUT2D eigenvalue weighted by molar-refractivity contribution is 0.536. The van der Waals surface area contributed by atoms with Crippen LogP contribution in [0.1, 0.15) is 31.2 Å². The zero-order valence-corrected chi connectivity index (χ0v) is 10.3. The van der Waals surface area contributed by atoms with Gasteiger partial charge in [-0.2, -0.15) is 0 Å². The van der Waals surface area contributed by atoms with E-state index in [1.807, 2.05) is 0 Å². The van der Waals surface area contributed by atoms with Crippen LogP contribution < -0.4 is 5.32 Å². The van der Waals surface area contributed by atoms with Gasteiger partial charge in [0.25, 0.3) is 0 Å². The van der Waals surface area contributed by atoms with E-state index in [1.165, 1.54) is 12.8 Å². The zero-order valence-electron chi connectivity index (χ0n) is 8.77. The average molecular weight is 246 g/mol. The lowest BCUT2D eigenvalue weighted by Crippen LogP contribution is -2.27. The van der Waals surface area contributed by atoms with Crippen molar-refractivity contribution in [2.75, 3.05) is 0 Å². The molecule has 15 heavy (non-hydrogen) atoms. The molecule has 0 aliphatic heterocycles. The Morgan fingerprint density at radius 2 is 1.80 bits per heavy atom. The van der Waals surface area contributed by atoms with Crippen LogP contribution in [0.25, 0.3) is 0 Å². The summed E-state index contributed by atoms with van der Waals surface area (Å²) < 4.78 is 0. The van der Waals surface area contributed by atoms with Crippen LogP contribution in [0.2, 0.25) is 10.3 Å². The van der Waals surface area contributed by atoms with Crippen molar-refractivity contribution in [1.29, 1.82) is 0 Å². The summed E-state index contributed by atoms with van der Waals surface area (Å²) in [7, 11) is 0. The number of hydrogen-bond acceptors (Lipinski definition) is 3. The smallest absolute Gasteiger partial charge is 0.138 e. The van der Waals surface area contributed by atoms with Crippen LogP contribution in [-0.2, 0) is 6.54 Å². The standard InChI is InChI=1S/C10H13Cl2N3/c1-6-14-8(11)7(9(12)15-6)5-13-10(2)3-4-10/h13H,3-5H2,1-2H3. The predicted octanol–water partition coefficient (Wildman–Crippen LogP) is 2.73. The number of halogens is 2. The molecular formula is C10H13Cl2N3. The monoisotopic (exact) mass is 245 g/mol. The highest BCUT2D eigenvalue weighted by Crippen LogP contribution is 2.35. The summed E-state index contributed by atoms with van der Waals surface area (Å²) in [4.78, 5) is 8.17.